The zero-order valence-electron chi connectivity index (χ0n) is 18.9. The summed E-state index contributed by atoms with van der Waals surface area (Å²) in [7, 11) is -3.62. The molecule has 0 unspecified atom stereocenters. The van der Waals surface area contributed by atoms with Gasteiger partial charge in [0.1, 0.15) is 8.07 Å². The van der Waals surface area contributed by atoms with Gasteiger partial charge in [0.15, 0.2) is 7.14 Å². The van der Waals surface area contributed by atoms with Crippen LogP contribution in [-0.4, -0.2) is 27.1 Å². The molecule has 0 amide bonds. The SMILES string of the molecule is COC/C(=C(/C=C/CBr)P(=O)(c1ccccc1)c1ccccc1)[Si](C)(C)c1ccccc1. The number of benzene rings is 3. The molecule has 0 bridgehead atoms. The summed E-state index contributed by atoms with van der Waals surface area (Å²) in [5.41, 5.74) is 0. The molecule has 0 radical (unpaired) electrons. The van der Waals surface area contributed by atoms with Crippen molar-refractivity contribution < 1.29 is 9.30 Å². The first kappa shape index (κ1) is 24.7. The minimum absolute atomic E-state index is 0.444. The molecule has 0 aromatic heterocycles. The van der Waals surface area contributed by atoms with E-state index in [0.29, 0.717) is 11.9 Å². The van der Waals surface area contributed by atoms with Crippen molar-refractivity contribution in [3.63, 3.8) is 0 Å². The molecule has 0 saturated carbocycles. The van der Waals surface area contributed by atoms with E-state index < -0.39 is 15.2 Å². The Morgan fingerprint density at radius 3 is 1.78 bits per heavy atom. The van der Waals surface area contributed by atoms with Crippen molar-refractivity contribution in [1.82, 2.24) is 0 Å². The Bertz CT molecular complexity index is 1070. The van der Waals surface area contributed by atoms with E-state index in [-0.39, 0.29) is 0 Å². The molecule has 0 spiro atoms. The van der Waals surface area contributed by atoms with Crippen LogP contribution >= 0.6 is 23.1 Å². The average molecular weight is 525 g/mol. The Hall–Kier alpha value is -1.97. The minimum Gasteiger partial charge on any atom is -0.381 e. The van der Waals surface area contributed by atoms with Crippen LogP contribution in [0.15, 0.2) is 114 Å². The second-order valence-electron chi connectivity index (χ2n) is 8.12. The van der Waals surface area contributed by atoms with Crippen LogP contribution in [0.4, 0.5) is 0 Å². The third kappa shape index (κ3) is 5.15. The summed E-state index contributed by atoms with van der Waals surface area (Å²) in [6, 6.07) is 30.3. The van der Waals surface area contributed by atoms with E-state index in [1.54, 1.807) is 7.11 Å². The lowest BCUT2D eigenvalue weighted by Gasteiger charge is -2.32. The molecular formula is C27H30BrO2PSi. The lowest BCUT2D eigenvalue weighted by atomic mass is 10.4. The Labute approximate surface area is 201 Å². The maximum atomic E-state index is 15.3. The molecular weight excluding hydrogens is 495 g/mol. The van der Waals surface area contributed by atoms with Crippen LogP contribution in [0.25, 0.3) is 0 Å². The van der Waals surface area contributed by atoms with Crippen molar-refractivity contribution >= 4 is 46.9 Å². The predicted octanol–water partition coefficient (Wildman–Crippen LogP) is 6.01. The molecule has 0 fully saturated rings. The van der Waals surface area contributed by atoms with Gasteiger partial charge in [-0.15, -0.1) is 0 Å². The number of allylic oxidation sites excluding steroid dienone is 3. The highest BCUT2D eigenvalue weighted by Gasteiger charge is 2.38. The fourth-order valence-corrected chi connectivity index (χ4v) is 10.9. The third-order valence-corrected chi connectivity index (χ3v) is 13.2. The van der Waals surface area contributed by atoms with Gasteiger partial charge in [-0.2, -0.15) is 0 Å². The highest BCUT2D eigenvalue weighted by Crippen LogP contribution is 2.54. The Morgan fingerprint density at radius 1 is 0.875 bits per heavy atom. The molecule has 166 valence electrons. The molecule has 3 aromatic rings. The number of rotatable bonds is 9. The van der Waals surface area contributed by atoms with Crippen molar-refractivity contribution in [1.29, 1.82) is 0 Å². The van der Waals surface area contributed by atoms with Crippen molar-refractivity contribution in [3.05, 3.63) is 114 Å². The highest BCUT2D eigenvalue weighted by molar-refractivity contribution is 9.09. The summed E-state index contributed by atoms with van der Waals surface area (Å²) in [5, 5.41) is 5.70. The van der Waals surface area contributed by atoms with Gasteiger partial charge >= 0.3 is 0 Å². The predicted molar refractivity (Wildman–Crippen MR) is 145 cm³/mol. The zero-order valence-corrected chi connectivity index (χ0v) is 22.4. The summed E-state index contributed by atoms with van der Waals surface area (Å²) in [6.07, 6.45) is 4.10. The van der Waals surface area contributed by atoms with E-state index in [1.807, 2.05) is 72.8 Å². The van der Waals surface area contributed by atoms with Gasteiger partial charge in [0.05, 0.1) is 6.61 Å². The minimum atomic E-state index is -3.14. The first-order valence-corrected chi connectivity index (χ1v) is 16.5. The molecule has 0 N–H and O–H groups in total. The Morgan fingerprint density at radius 2 is 1.34 bits per heavy atom. The van der Waals surface area contributed by atoms with Crippen LogP contribution in [0, 0.1) is 0 Å². The van der Waals surface area contributed by atoms with E-state index >= 15 is 4.57 Å². The molecule has 3 rings (SSSR count). The summed E-state index contributed by atoms with van der Waals surface area (Å²) < 4.78 is 21.0. The molecule has 0 aliphatic rings. The van der Waals surface area contributed by atoms with Gasteiger partial charge in [0.2, 0.25) is 0 Å². The number of hydrogen-bond donors (Lipinski definition) is 0. The molecule has 0 saturated heterocycles. The number of methoxy groups -OCH3 is 1. The van der Waals surface area contributed by atoms with Gasteiger partial charge in [0, 0.05) is 28.4 Å². The van der Waals surface area contributed by atoms with Crippen LogP contribution < -0.4 is 15.8 Å². The molecule has 0 aliphatic carbocycles. The maximum Gasteiger partial charge on any atom is 0.170 e. The molecule has 32 heavy (non-hydrogen) atoms. The van der Waals surface area contributed by atoms with Crippen molar-refractivity contribution in [2.75, 3.05) is 19.0 Å². The fourth-order valence-electron chi connectivity index (χ4n) is 4.00. The molecule has 3 aromatic carbocycles. The molecule has 5 heteroatoms. The summed E-state index contributed by atoms with van der Waals surface area (Å²) in [6.45, 7) is 5.08. The highest BCUT2D eigenvalue weighted by atomic mass is 79.9. The fraction of sp³-hybridized carbons (Fsp3) is 0.185. The number of hydrogen-bond acceptors (Lipinski definition) is 2. The van der Waals surface area contributed by atoms with Crippen molar-refractivity contribution in [2.45, 2.75) is 13.1 Å². The monoisotopic (exact) mass is 524 g/mol. The van der Waals surface area contributed by atoms with Crippen molar-refractivity contribution in [3.8, 4) is 0 Å². The van der Waals surface area contributed by atoms with Gasteiger partial charge in [-0.05, 0) is 5.20 Å². The Kier molecular flexibility index (Phi) is 8.67. The summed E-state index contributed by atoms with van der Waals surface area (Å²) in [5.74, 6) is 0. The van der Waals surface area contributed by atoms with Crippen LogP contribution in [-0.2, 0) is 9.30 Å². The first-order chi connectivity index (χ1) is 15.5. The van der Waals surface area contributed by atoms with Crippen LogP contribution in [0.2, 0.25) is 13.1 Å². The number of alkyl halides is 1. The second kappa shape index (κ2) is 11.2. The van der Waals surface area contributed by atoms with Crippen LogP contribution in [0.1, 0.15) is 0 Å². The van der Waals surface area contributed by atoms with Crippen LogP contribution in [0.3, 0.4) is 0 Å². The maximum absolute atomic E-state index is 15.3. The van der Waals surface area contributed by atoms with Gasteiger partial charge in [-0.25, -0.2) is 0 Å². The van der Waals surface area contributed by atoms with E-state index in [1.165, 1.54) is 5.19 Å². The summed E-state index contributed by atoms with van der Waals surface area (Å²) >= 11 is 3.52. The first-order valence-electron chi connectivity index (χ1n) is 10.7. The largest absolute Gasteiger partial charge is 0.381 e. The topological polar surface area (TPSA) is 26.3 Å². The average Bonchev–Trinajstić information content (AvgIpc) is 2.85. The van der Waals surface area contributed by atoms with E-state index in [0.717, 1.165) is 21.1 Å². The van der Waals surface area contributed by atoms with Gasteiger partial charge in [0.25, 0.3) is 0 Å². The molecule has 0 heterocycles. The van der Waals surface area contributed by atoms with Gasteiger partial charge in [-0.1, -0.05) is 137 Å². The standard InChI is InChI=1S/C27H30BrO2PSi/c1-30-22-27(32(2,3)25-18-11-6-12-19-25)26(20-13-21-28)31(29,23-14-7-4-8-15-23)24-16-9-5-10-17-24/h4-20H,21-22H2,1-3H3/b20-13+,27-26+. The third-order valence-electron chi connectivity index (χ3n) is 5.79. The van der Waals surface area contributed by atoms with E-state index in [2.05, 4.69) is 59.4 Å². The molecule has 2 nitrogen and oxygen atoms in total. The number of ether oxygens (including phenoxy) is 1. The Balaban J connectivity index is 2.42. The van der Waals surface area contributed by atoms with Gasteiger partial charge < -0.3 is 9.30 Å². The van der Waals surface area contributed by atoms with Gasteiger partial charge in [-0.3, -0.25) is 0 Å². The smallest absolute Gasteiger partial charge is 0.170 e. The summed E-state index contributed by atoms with van der Waals surface area (Å²) in [4.78, 5) is 0. The normalized spacial score (nSPS) is 13.2. The molecule has 0 atom stereocenters. The lowest BCUT2D eigenvalue weighted by molar-refractivity contribution is 0.230. The molecule has 0 aliphatic heterocycles. The zero-order chi connectivity index (χ0) is 23.0. The van der Waals surface area contributed by atoms with Crippen molar-refractivity contribution in [2.24, 2.45) is 0 Å². The van der Waals surface area contributed by atoms with E-state index in [9.17, 15) is 0 Å². The number of halogens is 1. The van der Waals surface area contributed by atoms with Crippen LogP contribution in [0.5, 0.6) is 0 Å². The quantitative estimate of drug-likeness (QED) is 0.148. The lowest BCUT2D eigenvalue weighted by Crippen LogP contribution is -2.46. The van der Waals surface area contributed by atoms with E-state index in [4.69, 9.17) is 4.74 Å². The second-order valence-corrected chi connectivity index (χ2v) is 15.9.